The third kappa shape index (κ3) is 5.19. The van der Waals surface area contributed by atoms with Crippen LogP contribution < -0.4 is 15.0 Å². The molecule has 3 aromatic rings. The van der Waals surface area contributed by atoms with Crippen LogP contribution in [0.15, 0.2) is 76.0 Å². The molecular formula is C19H15F3N2O5S. The largest absolute Gasteiger partial charge is 0.486 e. The van der Waals surface area contributed by atoms with Crippen molar-refractivity contribution in [3.63, 3.8) is 0 Å². The van der Waals surface area contributed by atoms with Gasteiger partial charge in [-0.15, -0.1) is 4.83 Å². The van der Waals surface area contributed by atoms with E-state index in [-0.39, 0.29) is 18.1 Å². The predicted octanol–water partition coefficient (Wildman–Crippen LogP) is 3.50. The Labute approximate surface area is 169 Å². The number of para-hydroxylation sites is 1. The van der Waals surface area contributed by atoms with Gasteiger partial charge in [0.15, 0.2) is 5.76 Å². The number of nitrogens with one attached hydrogen (secondary N) is 2. The van der Waals surface area contributed by atoms with Gasteiger partial charge in [0, 0.05) is 0 Å². The summed E-state index contributed by atoms with van der Waals surface area (Å²) >= 11 is 0. The summed E-state index contributed by atoms with van der Waals surface area (Å²) in [5.74, 6) is -0.382. The normalized spacial score (nSPS) is 11.8. The molecule has 2 aromatic carbocycles. The highest BCUT2D eigenvalue weighted by Gasteiger charge is 2.37. The lowest BCUT2D eigenvalue weighted by Gasteiger charge is -2.13. The van der Waals surface area contributed by atoms with Gasteiger partial charge in [0.1, 0.15) is 18.1 Å². The van der Waals surface area contributed by atoms with Crippen LogP contribution in [0.25, 0.3) is 0 Å². The predicted molar refractivity (Wildman–Crippen MR) is 98.7 cm³/mol. The summed E-state index contributed by atoms with van der Waals surface area (Å²) < 4.78 is 74.3. The summed E-state index contributed by atoms with van der Waals surface area (Å²) in [6.45, 7) is 0.0159. The molecule has 1 aromatic heterocycles. The van der Waals surface area contributed by atoms with Gasteiger partial charge in [-0.1, -0.05) is 30.3 Å². The fraction of sp³-hybridized carbons (Fsp3) is 0.105. The monoisotopic (exact) mass is 440 g/mol. The number of amides is 1. The van der Waals surface area contributed by atoms with Gasteiger partial charge in [-0.25, -0.2) is 8.42 Å². The van der Waals surface area contributed by atoms with Crippen LogP contribution in [-0.2, 0) is 22.8 Å². The van der Waals surface area contributed by atoms with Gasteiger partial charge in [-0.3, -0.25) is 10.2 Å². The van der Waals surface area contributed by atoms with E-state index in [1.54, 1.807) is 29.1 Å². The maximum absolute atomic E-state index is 13.0. The van der Waals surface area contributed by atoms with Crippen LogP contribution in [0, 0.1) is 0 Å². The van der Waals surface area contributed by atoms with Crippen LogP contribution in [0.5, 0.6) is 5.75 Å². The first-order valence-electron chi connectivity index (χ1n) is 8.42. The van der Waals surface area contributed by atoms with Crippen molar-refractivity contribution in [2.75, 3.05) is 0 Å². The van der Waals surface area contributed by atoms with Crippen molar-refractivity contribution in [2.24, 2.45) is 0 Å². The molecule has 30 heavy (non-hydrogen) atoms. The second-order valence-electron chi connectivity index (χ2n) is 5.92. The Balaban J connectivity index is 1.64. The van der Waals surface area contributed by atoms with Crippen molar-refractivity contribution in [2.45, 2.75) is 17.7 Å². The zero-order valence-electron chi connectivity index (χ0n) is 15.1. The zero-order valence-corrected chi connectivity index (χ0v) is 16.0. The first kappa shape index (κ1) is 21.4. The minimum Gasteiger partial charge on any atom is -0.486 e. The third-order valence-corrected chi connectivity index (χ3v) is 5.10. The molecule has 0 radical (unpaired) electrons. The van der Waals surface area contributed by atoms with Gasteiger partial charge in [-0.05, 0) is 36.4 Å². The Morgan fingerprint density at radius 1 is 0.967 bits per heavy atom. The average molecular weight is 440 g/mol. The van der Waals surface area contributed by atoms with Gasteiger partial charge in [0.25, 0.3) is 10.0 Å². The van der Waals surface area contributed by atoms with Crippen molar-refractivity contribution in [3.05, 3.63) is 83.8 Å². The highest BCUT2D eigenvalue weighted by Crippen LogP contribution is 2.33. The quantitative estimate of drug-likeness (QED) is 0.548. The van der Waals surface area contributed by atoms with Crippen molar-refractivity contribution < 1.29 is 35.5 Å². The van der Waals surface area contributed by atoms with Gasteiger partial charge < -0.3 is 9.15 Å². The van der Waals surface area contributed by atoms with E-state index in [1.807, 2.05) is 11.5 Å². The molecule has 0 aliphatic heterocycles. The highest BCUT2D eigenvalue weighted by atomic mass is 32.2. The molecule has 3 rings (SSSR count). The number of alkyl halides is 3. The Bertz CT molecular complexity index is 1130. The van der Waals surface area contributed by atoms with E-state index < -0.39 is 32.6 Å². The zero-order chi connectivity index (χ0) is 21.8. The Kier molecular flexibility index (Phi) is 6.13. The topological polar surface area (TPSA) is 97.6 Å². The van der Waals surface area contributed by atoms with E-state index in [1.165, 1.54) is 12.1 Å². The summed E-state index contributed by atoms with van der Waals surface area (Å²) in [7, 11) is -4.68. The number of sulfonamides is 1. The van der Waals surface area contributed by atoms with Gasteiger partial charge in [0.2, 0.25) is 0 Å². The maximum Gasteiger partial charge on any atom is 0.417 e. The SMILES string of the molecule is O=C(NNS(=O)(=O)c1ccccc1C(F)(F)F)c1ccc(COc2ccccc2)o1. The van der Waals surface area contributed by atoms with Crippen molar-refractivity contribution >= 4 is 15.9 Å². The number of carbonyl (C=O) groups is 1. The van der Waals surface area contributed by atoms with Gasteiger partial charge in [-0.2, -0.15) is 13.2 Å². The van der Waals surface area contributed by atoms with Crippen LogP contribution in [-0.4, -0.2) is 14.3 Å². The number of rotatable bonds is 7. The minimum absolute atomic E-state index is 0.0159. The molecule has 0 atom stereocenters. The molecule has 0 saturated carbocycles. The van der Waals surface area contributed by atoms with Crippen LogP contribution in [0.1, 0.15) is 21.9 Å². The number of halogens is 3. The van der Waals surface area contributed by atoms with Crippen LogP contribution in [0.3, 0.4) is 0 Å². The number of hydrazine groups is 1. The van der Waals surface area contributed by atoms with E-state index in [0.717, 1.165) is 18.2 Å². The number of carbonyl (C=O) groups excluding carboxylic acids is 1. The standard InChI is InChI=1S/C19H15F3N2O5S/c20-19(21,22)15-8-4-5-9-17(15)30(26,27)24-23-18(25)16-11-10-14(29-16)12-28-13-6-2-1-3-7-13/h1-11,24H,12H2,(H,23,25). The molecule has 0 fully saturated rings. The van der Waals surface area contributed by atoms with Crippen molar-refractivity contribution in [1.82, 2.24) is 10.3 Å². The Morgan fingerprint density at radius 2 is 1.63 bits per heavy atom. The molecule has 1 amide bonds. The molecule has 11 heteroatoms. The molecule has 0 spiro atoms. The van der Waals surface area contributed by atoms with E-state index in [0.29, 0.717) is 11.8 Å². The van der Waals surface area contributed by atoms with E-state index in [4.69, 9.17) is 9.15 Å². The molecular weight excluding hydrogens is 425 g/mol. The summed E-state index contributed by atoms with van der Waals surface area (Å²) in [4.78, 5) is 12.7. The number of ether oxygens (including phenoxy) is 1. The molecule has 0 aliphatic rings. The Morgan fingerprint density at radius 3 is 2.33 bits per heavy atom. The highest BCUT2D eigenvalue weighted by molar-refractivity contribution is 7.89. The van der Waals surface area contributed by atoms with Crippen molar-refractivity contribution in [1.29, 1.82) is 0 Å². The summed E-state index contributed by atoms with van der Waals surface area (Å²) in [6, 6.07) is 15.1. The summed E-state index contributed by atoms with van der Waals surface area (Å²) in [5.41, 5.74) is 0.468. The fourth-order valence-electron chi connectivity index (χ4n) is 2.41. The number of hydrogen-bond acceptors (Lipinski definition) is 5. The average Bonchev–Trinajstić information content (AvgIpc) is 3.20. The molecule has 0 saturated heterocycles. The molecule has 0 unspecified atom stereocenters. The van der Waals surface area contributed by atoms with Crippen LogP contribution in [0.4, 0.5) is 13.2 Å². The summed E-state index contributed by atoms with van der Waals surface area (Å²) in [5, 5.41) is 0. The van der Waals surface area contributed by atoms with Crippen molar-refractivity contribution in [3.8, 4) is 5.75 Å². The second kappa shape index (κ2) is 8.59. The molecule has 0 bridgehead atoms. The first-order chi connectivity index (χ1) is 14.2. The smallest absolute Gasteiger partial charge is 0.417 e. The molecule has 0 aliphatic carbocycles. The maximum atomic E-state index is 13.0. The lowest BCUT2D eigenvalue weighted by atomic mass is 10.2. The lowest BCUT2D eigenvalue weighted by molar-refractivity contribution is -0.139. The second-order valence-corrected chi connectivity index (χ2v) is 7.57. The number of hydrogen-bond donors (Lipinski definition) is 2. The molecule has 158 valence electrons. The molecule has 2 N–H and O–H groups in total. The van der Waals surface area contributed by atoms with Crippen LogP contribution in [0.2, 0.25) is 0 Å². The summed E-state index contributed by atoms with van der Waals surface area (Å²) in [6.07, 6.45) is -4.88. The van der Waals surface area contributed by atoms with Gasteiger partial charge >= 0.3 is 12.1 Å². The first-order valence-corrected chi connectivity index (χ1v) is 9.90. The van der Waals surface area contributed by atoms with E-state index in [9.17, 15) is 26.4 Å². The third-order valence-electron chi connectivity index (χ3n) is 3.79. The minimum atomic E-state index is -4.88. The van der Waals surface area contributed by atoms with Crippen LogP contribution >= 0.6 is 0 Å². The van der Waals surface area contributed by atoms with E-state index in [2.05, 4.69) is 0 Å². The number of furan rings is 1. The molecule has 7 nitrogen and oxygen atoms in total. The Hall–Kier alpha value is -3.31. The molecule has 1 heterocycles. The lowest BCUT2D eigenvalue weighted by Crippen LogP contribution is -2.42. The number of benzene rings is 2. The van der Waals surface area contributed by atoms with Gasteiger partial charge in [0.05, 0.1) is 10.5 Å². The fourth-order valence-corrected chi connectivity index (χ4v) is 3.48. The van der Waals surface area contributed by atoms with E-state index >= 15 is 0 Å².